The summed E-state index contributed by atoms with van der Waals surface area (Å²) in [6.45, 7) is 1.81. The molecular formula is C17H15F2N3O2. The van der Waals surface area contributed by atoms with Gasteiger partial charge in [0.25, 0.3) is 0 Å². The van der Waals surface area contributed by atoms with E-state index < -0.39 is 5.82 Å². The SMILES string of the molecule is COc1ccc(F)c(NCc2nc(-c3ccc(F)c(C)c3)no2)c1. The Hall–Kier alpha value is -2.96. The van der Waals surface area contributed by atoms with Crippen LogP contribution in [0.5, 0.6) is 5.75 Å². The first-order chi connectivity index (χ1) is 11.6. The van der Waals surface area contributed by atoms with Crippen LogP contribution in [0, 0.1) is 18.6 Å². The molecule has 2 aromatic carbocycles. The number of aromatic nitrogens is 2. The number of hydrogen-bond acceptors (Lipinski definition) is 5. The van der Waals surface area contributed by atoms with Crippen molar-refractivity contribution in [3.05, 3.63) is 59.5 Å². The first-order valence-electron chi connectivity index (χ1n) is 7.23. The summed E-state index contributed by atoms with van der Waals surface area (Å²) in [5.74, 6) is 0.462. The van der Waals surface area contributed by atoms with Crippen LogP contribution in [-0.2, 0) is 6.54 Å². The van der Waals surface area contributed by atoms with Crippen LogP contribution in [0.1, 0.15) is 11.5 Å². The zero-order valence-corrected chi connectivity index (χ0v) is 13.1. The van der Waals surface area contributed by atoms with E-state index in [2.05, 4.69) is 15.5 Å². The van der Waals surface area contributed by atoms with Gasteiger partial charge in [0, 0.05) is 11.6 Å². The minimum atomic E-state index is -0.412. The van der Waals surface area contributed by atoms with E-state index in [-0.39, 0.29) is 23.9 Å². The van der Waals surface area contributed by atoms with Crippen molar-refractivity contribution in [2.45, 2.75) is 13.5 Å². The molecule has 3 rings (SSSR count). The van der Waals surface area contributed by atoms with E-state index in [1.807, 2.05) is 0 Å². The van der Waals surface area contributed by atoms with Crippen LogP contribution in [0.2, 0.25) is 0 Å². The maximum Gasteiger partial charge on any atom is 0.246 e. The number of anilines is 1. The minimum absolute atomic E-state index is 0.150. The molecule has 0 bridgehead atoms. The second kappa shape index (κ2) is 6.66. The number of halogens is 2. The Kier molecular flexibility index (Phi) is 4.41. The standard InChI is InChI=1S/C17H15F2N3O2/c1-10-7-11(3-5-13(10)18)17-21-16(24-22-17)9-20-15-8-12(23-2)4-6-14(15)19/h3-8,20H,9H2,1-2H3. The Bertz CT molecular complexity index is 865. The molecule has 1 N–H and O–H groups in total. The fourth-order valence-corrected chi connectivity index (χ4v) is 2.17. The summed E-state index contributed by atoms with van der Waals surface area (Å²) in [6, 6.07) is 8.94. The predicted octanol–water partition coefficient (Wildman–Crippen LogP) is 3.94. The molecule has 0 atom stereocenters. The Labute approximate surface area is 137 Å². The number of nitrogens with zero attached hydrogens (tertiary/aromatic N) is 2. The molecule has 124 valence electrons. The molecule has 0 radical (unpaired) electrons. The smallest absolute Gasteiger partial charge is 0.246 e. The number of ether oxygens (including phenoxy) is 1. The molecule has 0 amide bonds. The van der Waals surface area contributed by atoms with Crippen molar-refractivity contribution in [1.29, 1.82) is 0 Å². The van der Waals surface area contributed by atoms with Crippen LogP contribution in [-0.4, -0.2) is 17.3 Å². The number of aryl methyl sites for hydroxylation is 1. The zero-order valence-electron chi connectivity index (χ0n) is 13.1. The van der Waals surface area contributed by atoms with E-state index in [0.29, 0.717) is 22.7 Å². The van der Waals surface area contributed by atoms with Crippen LogP contribution in [0.3, 0.4) is 0 Å². The third kappa shape index (κ3) is 3.34. The molecule has 1 aromatic heterocycles. The van der Waals surface area contributed by atoms with Gasteiger partial charge < -0.3 is 14.6 Å². The average molecular weight is 331 g/mol. The Morgan fingerprint density at radius 1 is 1.12 bits per heavy atom. The molecule has 3 aromatic rings. The van der Waals surface area contributed by atoms with Gasteiger partial charge in [-0.1, -0.05) is 5.16 Å². The molecule has 24 heavy (non-hydrogen) atoms. The van der Waals surface area contributed by atoms with Gasteiger partial charge in [0.05, 0.1) is 19.3 Å². The number of benzene rings is 2. The molecule has 0 spiro atoms. The van der Waals surface area contributed by atoms with Gasteiger partial charge in [-0.05, 0) is 42.8 Å². The summed E-state index contributed by atoms with van der Waals surface area (Å²) in [4.78, 5) is 4.22. The van der Waals surface area contributed by atoms with Gasteiger partial charge in [-0.25, -0.2) is 8.78 Å². The van der Waals surface area contributed by atoms with Gasteiger partial charge >= 0.3 is 0 Å². The molecule has 0 aliphatic rings. The second-order valence-corrected chi connectivity index (χ2v) is 5.18. The van der Waals surface area contributed by atoms with E-state index in [4.69, 9.17) is 9.26 Å². The minimum Gasteiger partial charge on any atom is -0.497 e. The Balaban J connectivity index is 1.73. The second-order valence-electron chi connectivity index (χ2n) is 5.18. The summed E-state index contributed by atoms with van der Waals surface area (Å²) in [6.07, 6.45) is 0. The highest BCUT2D eigenvalue weighted by atomic mass is 19.1. The zero-order chi connectivity index (χ0) is 17.1. The van der Waals surface area contributed by atoms with Crippen molar-refractivity contribution < 1.29 is 18.0 Å². The van der Waals surface area contributed by atoms with Gasteiger partial charge in [0.15, 0.2) is 0 Å². The molecule has 0 unspecified atom stereocenters. The molecule has 5 nitrogen and oxygen atoms in total. The van der Waals surface area contributed by atoms with E-state index in [1.54, 1.807) is 19.1 Å². The van der Waals surface area contributed by atoms with Crippen molar-refractivity contribution in [3.8, 4) is 17.1 Å². The molecule has 0 fully saturated rings. The van der Waals surface area contributed by atoms with Gasteiger partial charge in [0.1, 0.15) is 17.4 Å². The highest BCUT2D eigenvalue weighted by molar-refractivity contribution is 5.55. The van der Waals surface area contributed by atoms with Crippen LogP contribution < -0.4 is 10.1 Å². The van der Waals surface area contributed by atoms with Crippen LogP contribution in [0.25, 0.3) is 11.4 Å². The number of methoxy groups -OCH3 is 1. The fourth-order valence-electron chi connectivity index (χ4n) is 2.17. The monoisotopic (exact) mass is 331 g/mol. The Morgan fingerprint density at radius 2 is 1.92 bits per heavy atom. The first kappa shape index (κ1) is 15.9. The highest BCUT2D eigenvalue weighted by Gasteiger charge is 2.11. The van der Waals surface area contributed by atoms with Crippen LogP contribution in [0.4, 0.5) is 14.5 Å². The van der Waals surface area contributed by atoms with Crippen molar-refractivity contribution in [2.24, 2.45) is 0 Å². The molecule has 7 heteroatoms. The lowest BCUT2D eigenvalue weighted by atomic mass is 10.1. The quantitative estimate of drug-likeness (QED) is 0.767. The topological polar surface area (TPSA) is 60.2 Å². The summed E-state index contributed by atoms with van der Waals surface area (Å²) in [5, 5.41) is 6.74. The van der Waals surface area contributed by atoms with E-state index in [1.165, 1.54) is 31.4 Å². The Morgan fingerprint density at radius 3 is 2.67 bits per heavy atom. The van der Waals surface area contributed by atoms with E-state index in [9.17, 15) is 8.78 Å². The van der Waals surface area contributed by atoms with Crippen LogP contribution in [0.15, 0.2) is 40.9 Å². The van der Waals surface area contributed by atoms with Crippen molar-refractivity contribution >= 4 is 5.69 Å². The molecule has 0 saturated heterocycles. The lowest BCUT2D eigenvalue weighted by molar-refractivity contribution is 0.383. The van der Waals surface area contributed by atoms with E-state index >= 15 is 0 Å². The molecular weight excluding hydrogens is 316 g/mol. The largest absolute Gasteiger partial charge is 0.497 e. The van der Waals surface area contributed by atoms with Crippen molar-refractivity contribution in [3.63, 3.8) is 0 Å². The molecule has 1 heterocycles. The van der Waals surface area contributed by atoms with Crippen molar-refractivity contribution in [2.75, 3.05) is 12.4 Å². The average Bonchev–Trinajstić information content (AvgIpc) is 3.05. The summed E-state index contributed by atoms with van der Waals surface area (Å²) in [5.41, 5.74) is 1.42. The lowest BCUT2D eigenvalue weighted by Gasteiger charge is -2.07. The third-order valence-corrected chi connectivity index (χ3v) is 3.49. The third-order valence-electron chi connectivity index (χ3n) is 3.49. The van der Waals surface area contributed by atoms with Gasteiger partial charge in [-0.15, -0.1) is 0 Å². The first-order valence-corrected chi connectivity index (χ1v) is 7.23. The van der Waals surface area contributed by atoms with Gasteiger partial charge in [0.2, 0.25) is 11.7 Å². The highest BCUT2D eigenvalue weighted by Crippen LogP contribution is 2.22. The molecule has 0 aliphatic heterocycles. The fraction of sp³-hybridized carbons (Fsp3) is 0.176. The summed E-state index contributed by atoms with van der Waals surface area (Å²) < 4.78 is 37.2. The number of rotatable bonds is 5. The van der Waals surface area contributed by atoms with Gasteiger partial charge in [-0.2, -0.15) is 4.98 Å². The predicted molar refractivity (Wildman–Crippen MR) is 84.7 cm³/mol. The maximum atomic E-state index is 13.7. The molecule has 0 aliphatic carbocycles. The van der Waals surface area contributed by atoms with Gasteiger partial charge in [-0.3, -0.25) is 0 Å². The van der Waals surface area contributed by atoms with E-state index in [0.717, 1.165) is 0 Å². The lowest BCUT2D eigenvalue weighted by Crippen LogP contribution is -2.02. The summed E-state index contributed by atoms with van der Waals surface area (Å²) in [7, 11) is 1.51. The normalized spacial score (nSPS) is 10.7. The van der Waals surface area contributed by atoms with Crippen molar-refractivity contribution in [1.82, 2.24) is 10.1 Å². The van der Waals surface area contributed by atoms with Crippen LogP contribution >= 0.6 is 0 Å². The maximum absolute atomic E-state index is 13.7. The molecule has 0 saturated carbocycles. The number of nitrogens with one attached hydrogen (secondary N) is 1. The number of hydrogen-bond donors (Lipinski definition) is 1. The summed E-state index contributed by atoms with van der Waals surface area (Å²) >= 11 is 0.